The van der Waals surface area contributed by atoms with Gasteiger partial charge in [-0.3, -0.25) is 4.79 Å². The van der Waals surface area contributed by atoms with Crippen LogP contribution < -0.4 is 14.8 Å². The molecule has 0 radical (unpaired) electrons. The van der Waals surface area contributed by atoms with Gasteiger partial charge in [-0.2, -0.15) is 0 Å². The summed E-state index contributed by atoms with van der Waals surface area (Å²) in [5, 5.41) is 3.15. The topological polar surface area (TPSA) is 47.6 Å². The number of ether oxygens (including phenoxy) is 2. The number of amides is 1. The van der Waals surface area contributed by atoms with E-state index in [9.17, 15) is 9.18 Å². The van der Waals surface area contributed by atoms with Crippen molar-refractivity contribution in [1.82, 2.24) is 0 Å². The summed E-state index contributed by atoms with van der Waals surface area (Å²) in [6.45, 7) is 0.0488. The zero-order chi connectivity index (χ0) is 22.4. The lowest BCUT2D eigenvalue weighted by atomic mass is 10.1. The summed E-state index contributed by atoms with van der Waals surface area (Å²) in [5.74, 6) is 0.212. The molecule has 0 atom stereocenters. The van der Waals surface area contributed by atoms with Gasteiger partial charge in [0.25, 0.3) is 0 Å². The van der Waals surface area contributed by atoms with E-state index < -0.39 is 0 Å². The Labute approximate surface area is 201 Å². The van der Waals surface area contributed by atoms with Gasteiger partial charge in [0, 0.05) is 16.1 Å². The molecular weight excluding hydrogens is 553 g/mol. The van der Waals surface area contributed by atoms with E-state index in [2.05, 4.69) is 37.2 Å². The maximum absolute atomic E-state index is 13.8. The monoisotopic (exact) mass is 567 g/mol. The van der Waals surface area contributed by atoms with Crippen molar-refractivity contribution in [3.8, 4) is 11.5 Å². The fourth-order valence-electron chi connectivity index (χ4n) is 2.68. The number of methoxy groups -OCH3 is 1. The van der Waals surface area contributed by atoms with Crippen LogP contribution in [0.3, 0.4) is 0 Å². The number of hydrogen-bond acceptors (Lipinski definition) is 3. The first-order chi connectivity index (χ1) is 14.9. The van der Waals surface area contributed by atoms with Gasteiger partial charge in [-0.1, -0.05) is 45.7 Å². The van der Waals surface area contributed by atoms with Crippen molar-refractivity contribution in [2.24, 2.45) is 0 Å². The molecule has 0 saturated carbocycles. The van der Waals surface area contributed by atoms with Gasteiger partial charge in [0.1, 0.15) is 12.4 Å². The van der Waals surface area contributed by atoms with Gasteiger partial charge < -0.3 is 14.8 Å². The Balaban J connectivity index is 1.72. The molecule has 3 aromatic carbocycles. The van der Waals surface area contributed by atoms with Crippen LogP contribution in [0.5, 0.6) is 11.5 Å². The van der Waals surface area contributed by atoms with Crippen LogP contribution in [0, 0.1) is 5.82 Å². The smallest absolute Gasteiger partial charge is 0.248 e. The average molecular weight is 570 g/mol. The fourth-order valence-corrected chi connectivity index (χ4v) is 3.97. The van der Waals surface area contributed by atoms with Crippen molar-refractivity contribution in [1.29, 1.82) is 0 Å². The van der Waals surface area contributed by atoms with Crippen LogP contribution >= 0.6 is 43.5 Å². The second kappa shape index (κ2) is 10.8. The normalized spacial score (nSPS) is 10.9. The van der Waals surface area contributed by atoms with Crippen molar-refractivity contribution < 1.29 is 18.7 Å². The van der Waals surface area contributed by atoms with Crippen LogP contribution in [-0.4, -0.2) is 13.0 Å². The zero-order valence-corrected chi connectivity index (χ0v) is 20.2. The molecule has 0 unspecified atom stereocenters. The van der Waals surface area contributed by atoms with Gasteiger partial charge in [0.15, 0.2) is 11.5 Å². The van der Waals surface area contributed by atoms with E-state index in [1.807, 2.05) is 0 Å². The number of hydrogen-bond donors (Lipinski definition) is 1. The number of nitrogens with one attached hydrogen (secondary N) is 1. The van der Waals surface area contributed by atoms with E-state index >= 15 is 0 Å². The van der Waals surface area contributed by atoms with E-state index in [4.69, 9.17) is 21.1 Å². The van der Waals surface area contributed by atoms with Crippen LogP contribution in [0.4, 0.5) is 10.1 Å². The minimum atomic E-state index is -0.339. The second-order valence-electron chi connectivity index (χ2n) is 6.36. The van der Waals surface area contributed by atoms with E-state index in [1.54, 1.807) is 54.6 Å². The Hall–Kier alpha value is -2.35. The van der Waals surface area contributed by atoms with E-state index in [0.29, 0.717) is 37.8 Å². The quantitative estimate of drug-likeness (QED) is 0.305. The Kier molecular flexibility index (Phi) is 8.12. The third kappa shape index (κ3) is 6.32. The van der Waals surface area contributed by atoms with Crippen molar-refractivity contribution in [3.05, 3.63) is 91.6 Å². The fraction of sp³-hybridized carbons (Fsp3) is 0.0870. The molecule has 0 fully saturated rings. The highest BCUT2D eigenvalue weighted by atomic mass is 79.9. The molecule has 0 aliphatic heterocycles. The summed E-state index contributed by atoms with van der Waals surface area (Å²) < 4.78 is 26.5. The Morgan fingerprint density at radius 2 is 1.94 bits per heavy atom. The first-order valence-electron chi connectivity index (χ1n) is 9.05. The van der Waals surface area contributed by atoms with Gasteiger partial charge in [-0.25, -0.2) is 4.39 Å². The van der Waals surface area contributed by atoms with E-state index in [0.717, 1.165) is 4.47 Å². The Morgan fingerprint density at radius 3 is 2.65 bits per heavy atom. The largest absolute Gasteiger partial charge is 0.493 e. The van der Waals surface area contributed by atoms with E-state index in [1.165, 1.54) is 19.3 Å². The number of halogens is 4. The summed E-state index contributed by atoms with van der Waals surface area (Å²) in [5.41, 5.74) is 1.65. The highest BCUT2D eigenvalue weighted by Gasteiger charge is 2.13. The van der Waals surface area contributed by atoms with Crippen molar-refractivity contribution in [2.75, 3.05) is 12.4 Å². The van der Waals surface area contributed by atoms with Crippen LogP contribution in [0.15, 0.2) is 69.6 Å². The van der Waals surface area contributed by atoms with Gasteiger partial charge in [0.2, 0.25) is 5.91 Å². The van der Waals surface area contributed by atoms with Crippen molar-refractivity contribution in [3.63, 3.8) is 0 Å². The first kappa shape index (κ1) is 23.3. The molecule has 160 valence electrons. The number of benzene rings is 3. The molecule has 1 amide bonds. The summed E-state index contributed by atoms with van der Waals surface area (Å²) in [6, 6.07) is 15.1. The average Bonchev–Trinajstić information content (AvgIpc) is 2.74. The predicted octanol–water partition coefficient (Wildman–Crippen LogP) is 7.24. The minimum Gasteiger partial charge on any atom is -0.493 e. The number of rotatable bonds is 7. The summed E-state index contributed by atoms with van der Waals surface area (Å²) in [7, 11) is 1.51. The van der Waals surface area contributed by atoms with Crippen molar-refractivity contribution >= 4 is 61.1 Å². The standard InChI is InChI=1S/C23H17Br2ClFNO3/c1-30-21-11-14(6-9-22(29)28-20-8-7-16(24)12-18(20)26)10-17(25)23(21)31-13-15-4-2-3-5-19(15)27/h2-12H,13H2,1H3,(H,28,29)/b9-6+. The summed E-state index contributed by atoms with van der Waals surface area (Å²) >= 11 is 12.9. The minimum absolute atomic E-state index is 0.0488. The molecule has 3 rings (SSSR count). The van der Waals surface area contributed by atoms with Crippen LogP contribution in [0.1, 0.15) is 11.1 Å². The number of carbonyl (C=O) groups excluding carboxylic acids is 1. The Bertz CT molecular complexity index is 1140. The molecule has 4 nitrogen and oxygen atoms in total. The predicted molar refractivity (Wildman–Crippen MR) is 128 cm³/mol. The molecule has 3 aromatic rings. The molecule has 8 heteroatoms. The molecule has 31 heavy (non-hydrogen) atoms. The number of carbonyl (C=O) groups is 1. The van der Waals surface area contributed by atoms with Gasteiger partial charge in [-0.05, 0) is 64.0 Å². The lowest BCUT2D eigenvalue weighted by molar-refractivity contribution is -0.111. The third-order valence-corrected chi connectivity index (χ3v) is 5.59. The summed E-state index contributed by atoms with van der Waals surface area (Å²) in [4.78, 5) is 12.2. The second-order valence-corrected chi connectivity index (χ2v) is 8.54. The highest BCUT2D eigenvalue weighted by Crippen LogP contribution is 2.37. The molecule has 1 N–H and O–H groups in total. The number of anilines is 1. The van der Waals surface area contributed by atoms with Gasteiger partial charge >= 0.3 is 0 Å². The molecule has 0 aliphatic carbocycles. The van der Waals surface area contributed by atoms with Gasteiger partial charge in [0.05, 0.1) is 22.3 Å². The molecule has 0 aromatic heterocycles. The maximum atomic E-state index is 13.8. The van der Waals surface area contributed by atoms with Crippen LogP contribution in [-0.2, 0) is 11.4 Å². The molecule has 0 bridgehead atoms. The lowest BCUT2D eigenvalue weighted by Crippen LogP contribution is -2.08. The third-order valence-electron chi connectivity index (χ3n) is 4.20. The van der Waals surface area contributed by atoms with E-state index in [-0.39, 0.29) is 18.3 Å². The molecule has 0 heterocycles. The zero-order valence-electron chi connectivity index (χ0n) is 16.3. The van der Waals surface area contributed by atoms with Crippen LogP contribution in [0.2, 0.25) is 5.02 Å². The SMILES string of the molecule is COc1cc(/C=C/C(=O)Nc2ccc(Br)cc2Cl)cc(Br)c1OCc1ccccc1F. The molecule has 0 saturated heterocycles. The van der Waals surface area contributed by atoms with Crippen LogP contribution in [0.25, 0.3) is 6.08 Å². The van der Waals surface area contributed by atoms with Gasteiger partial charge in [-0.15, -0.1) is 0 Å². The first-order valence-corrected chi connectivity index (χ1v) is 11.0. The Morgan fingerprint density at radius 1 is 1.16 bits per heavy atom. The highest BCUT2D eigenvalue weighted by molar-refractivity contribution is 9.10. The lowest BCUT2D eigenvalue weighted by Gasteiger charge is -2.14. The summed E-state index contributed by atoms with van der Waals surface area (Å²) in [6.07, 6.45) is 3.02. The maximum Gasteiger partial charge on any atom is 0.248 e. The van der Waals surface area contributed by atoms with Crippen molar-refractivity contribution in [2.45, 2.75) is 6.61 Å². The molecular formula is C23H17Br2ClFNO3. The molecule has 0 spiro atoms. The molecule has 0 aliphatic rings.